The monoisotopic (exact) mass is 380 g/mol. The zero-order valence-electron chi connectivity index (χ0n) is 15.6. The third-order valence-electron chi connectivity index (χ3n) is 5.24. The molecule has 1 fully saturated rings. The molecule has 0 radical (unpaired) electrons. The molecular weight excluding hydrogens is 359 g/mol. The molecule has 1 saturated heterocycles. The normalized spacial score (nSPS) is 14.9. The Hall–Kier alpha value is -3.22. The van der Waals surface area contributed by atoms with E-state index in [1.807, 2.05) is 30.5 Å². The minimum absolute atomic E-state index is 0.0760. The number of halogens is 1. The molecule has 0 saturated carbocycles. The van der Waals surface area contributed by atoms with Crippen LogP contribution in [0.4, 0.5) is 4.39 Å². The van der Waals surface area contributed by atoms with Crippen LogP contribution >= 0.6 is 0 Å². The van der Waals surface area contributed by atoms with Crippen LogP contribution in [0.2, 0.25) is 0 Å². The maximum Gasteiger partial charge on any atom is 0.256 e. The summed E-state index contributed by atoms with van der Waals surface area (Å²) in [7, 11) is 1.65. The molecule has 28 heavy (non-hydrogen) atoms. The number of H-pyrrole nitrogens is 1. The Labute approximate surface area is 162 Å². The Morgan fingerprint density at radius 2 is 2.07 bits per heavy atom. The highest BCUT2D eigenvalue weighted by molar-refractivity contribution is 5.94. The van der Waals surface area contributed by atoms with Gasteiger partial charge in [-0.25, -0.2) is 4.39 Å². The highest BCUT2D eigenvalue weighted by atomic mass is 19.1. The van der Waals surface area contributed by atoms with E-state index in [1.54, 1.807) is 12.0 Å². The third kappa shape index (κ3) is 3.47. The first-order chi connectivity index (χ1) is 13.7. The van der Waals surface area contributed by atoms with Crippen molar-refractivity contribution in [3.8, 4) is 16.9 Å². The maximum absolute atomic E-state index is 13.9. The molecular formula is C21H21FN4O2. The number of carbonyl (C=O) groups excluding carboxylic acids is 1. The average molecular weight is 380 g/mol. The Balaban J connectivity index is 1.48. The zero-order valence-corrected chi connectivity index (χ0v) is 15.6. The van der Waals surface area contributed by atoms with Crippen LogP contribution < -0.4 is 4.74 Å². The SMILES string of the molecule is COc1cccc(-c2cn[nH]c2C2CCN(C(=O)c3ccncc3F)CC2)c1. The third-order valence-corrected chi connectivity index (χ3v) is 5.24. The Bertz CT molecular complexity index is 980. The second-order valence-corrected chi connectivity index (χ2v) is 6.85. The van der Waals surface area contributed by atoms with Crippen molar-refractivity contribution in [3.63, 3.8) is 0 Å². The minimum atomic E-state index is -0.580. The van der Waals surface area contributed by atoms with Crippen LogP contribution in [0.25, 0.3) is 11.1 Å². The van der Waals surface area contributed by atoms with Crippen molar-refractivity contribution in [2.45, 2.75) is 18.8 Å². The summed E-state index contributed by atoms with van der Waals surface area (Å²) in [6.07, 6.45) is 5.92. The molecule has 1 aliphatic heterocycles. The van der Waals surface area contributed by atoms with Gasteiger partial charge in [0.1, 0.15) is 5.75 Å². The first-order valence-electron chi connectivity index (χ1n) is 9.24. The van der Waals surface area contributed by atoms with E-state index in [2.05, 4.69) is 15.2 Å². The number of aromatic nitrogens is 3. The van der Waals surface area contributed by atoms with Crippen molar-refractivity contribution in [2.75, 3.05) is 20.2 Å². The first-order valence-corrected chi connectivity index (χ1v) is 9.24. The second-order valence-electron chi connectivity index (χ2n) is 6.85. The van der Waals surface area contributed by atoms with E-state index in [0.717, 1.165) is 41.6 Å². The number of carbonyl (C=O) groups is 1. The number of methoxy groups -OCH3 is 1. The largest absolute Gasteiger partial charge is 0.497 e. The van der Waals surface area contributed by atoms with Gasteiger partial charge in [0.15, 0.2) is 5.82 Å². The lowest BCUT2D eigenvalue weighted by atomic mass is 9.89. The molecule has 0 bridgehead atoms. The Morgan fingerprint density at radius 3 is 2.82 bits per heavy atom. The fourth-order valence-corrected chi connectivity index (χ4v) is 3.72. The smallest absolute Gasteiger partial charge is 0.256 e. The lowest BCUT2D eigenvalue weighted by Gasteiger charge is -2.32. The highest BCUT2D eigenvalue weighted by Gasteiger charge is 2.28. The molecule has 144 valence electrons. The molecule has 6 nitrogen and oxygen atoms in total. The van der Waals surface area contributed by atoms with Gasteiger partial charge in [0.2, 0.25) is 0 Å². The van der Waals surface area contributed by atoms with Crippen molar-refractivity contribution >= 4 is 5.91 Å². The predicted molar refractivity (Wildman–Crippen MR) is 103 cm³/mol. The fourth-order valence-electron chi connectivity index (χ4n) is 3.72. The fraction of sp³-hybridized carbons (Fsp3) is 0.286. The van der Waals surface area contributed by atoms with Gasteiger partial charge < -0.3 is 9.64 Å². The van der Waals surface area contributed by atoms with Crippen LogP contribution in [0.1, 0.15) is 34.8 Å². The van der Waals surface area contributed by atoms with E-state index in [9.17, 15) is 9.18 Å². The highest BCUT2D eigenvalue weighted by Crippen LogP contribution is 2.35. The van der Waals surface area contributed by atoms with Crippen molar-refractivity contribution in [1.29, 1.82) is 0 Å². The van der Waals surface area contributed by atoms with Crippen LogP contribution in [0, 0.1) is 5.82 Å². The van der Waals surface area contributed by atoms with Gasteiger partial charge in [-0.05, 0) is 36.6 Å². The maximum atomic E-state index is 13.9. The molecule has 3 aromatic rings. The van der Waals surface area contributed by atoms with Gasteiger partial charge in [0, 0.05) is 36.5 Å². The number of piperidine rings is 1. The predicted octanol–water partition coefficient (Wildman–Crippen LogP) is 3.64. The molecule has 7 heteroatoms. The number of rotatable bonds is 4. The van der Waals surface area contributed by atoms with E-state index < -0.39 is 5.82 Å². The van der Waals surface area contributed by atoms with E-state index >= 15 is 0 Å². The molecule has 1 amide bonds. The number of benzene rings is 1. The summed E-state index contributed by atoms with van der Waals surface area (Å²) in [4.78, 5) is 18.0. The number of pyridine rings is 1. The molecule has 0 spiro atoms. The summed E-state index contributed by atoms with van der Waals surface area (Å²) in [6.45, 7) is 1.14. The lowest BCUT2D eigenvalue weighted by molar-refractivity contribution is 0.0707. The number of ether oxygens (including phenoxy) is 1. The molecule has 2 aromatic heterocycles. The Morgan fingerprint density at radius 1 is 1.25 bits per heavy atom. The van der Waals surface area contributed by atoms with Crippen LogP contribution in [0.15, 0.2) is 48.9 Å². The summed E-state index contributed by atoms with van der Waals surface area (Å²) in [5, 5.41) is 7.37. The minimum Gasteiger partial charge on any atom is -0.497 e. The van der Waals surface area contributed by atoms with Crippen LogP contribution in [-0.2, 0) is 0 Å². The molecule has 0 aliphatic carbocycles. The van der Waals surface area contributed by atoms with Crippen LogP contribution in [0.5, 0.6) is 5.75 Å². The number of nitrogens with zero attached hydrogens (tertiary/aromatic N) is 3. The first kappa shape index (κ1) is 18.2. The summed E-state index contributed by atoms with van der Waals surface area (Å²) in [5.74, 6) is 0.193. The van der Waals surface area contributed by atoms with Gasteiger partial charge in [-0.2, -0.15) is 5.10 Å². The van der Waals surface area contributed by atoms with Gasteiger partial charge in [0.25, 0.3) is 5.91 Å². The molecule has 0 atom stereocenters. The van der Waals surface area contributed by atoms with Crippen molar-refractivity contribution < 1.29 is 13.9 Å². The van der Waals surface area contributed by atoms with E-state index in [1.165, 1.54) is 12.3 Å². The molecule has 1 aliphatic rings. The quantitative estimate of drug-likeness (QED) is 0.750. The average Bonchev–Trinajstić information content (AvgIpc) is 3.24. The van der Waals surface area contributed by atoms with E-state index in [0.29, 0.717) is 13.1 Å². The van der Waals surface area contributed by atoms with E-state index in [4.69, 9.17) is 4.74 Å². The molecule has 1 aromatic carbocycles. The number of hydrogen-bond acceptors (Lipinski definition) is 4. The molecule has 0 unspecified atom stereocenters. The summed E-state index contributed by atoms with van der Waals surface area (Å²) < 4.78 is 19.2. The van der Waals surface area contributed by atoms with Crippen molar-refractivity contribution in [2.24, 2.45) is 0 Å². The number of nitrogens with one attached hydrogen (secondary N) is 1. The van der Waals surface area contributed by atoms with Gasteiger partial charge in [-0.15, -0.1) is 0 Å². The topological polar surface area (TPSA) is 71.1 Å². The summed E-state index contributed by atoms with van der Waals surface area (Å²) in [6, 6.07) is 9.31. The van der Waals surface area contributed by atoms with Crippen LogP contribution in [-0.4, -0.2) is 46.2 Å². The molecule has 1 N–H and O–H groups in total. The number of hydrogen-bond donors (Lipinski definition) is 1. The second kappa shape index (κ2) is 7.80. The Kier molecular flexibility index (Phi) is 5.06. The van der Waals surface area contributed by atoms with E-state index in [-0.39, 0.29) is 17.4 Å². The van der Waals surface area contributed by atoms with Gasteiger partial charge in [0.05, 0.1) is 25.1 Å². The molecule has 3 heterocycles. The standard InChI is InChI=1S/C21H21FN4O2/c1-28-16-4-2-3-15(11-16)18-12-24-25-20(18)14-6-9-26(10-7-14)21(27)17-5-8-23-13-19(17)22/h2-5,8,11-14H,6-7,9-10H2,1H3,(H,24,25). The number of amides is 1. The van der Waals surface area contributed by atoms with Gasteiger partial charge >= 0.3 is 0 Å². The summed E-state index contributed by atoms with van der Waals surface area (Å²) in [5.41, 5.74) is 3.23. The van der Waals surface area contributed by atoms with Crippen molar-refractivity contribution in [3.05, 3.63) is 66.0 Å². The van der Waals surface area contributed by atoms with Crippen molar-refractivity contribution in [1.82, 2.24) is 20.1 Å². The number of likely N-dealkylation sites (tertiary alicyclic amines) is 1. The zero-order chi connectivity index (χ0) is 19.5. The number of aromatic amines is 1. The summed E-state index contributed by atoms with van der Waals surface area (Å²) >= 11 is 0. The van der Waals surface area contributed by atoms with Crippen LogP contribution in [0.3, 0.4) is 0 Å². The van der Waals surface area contributed by atoms with Gasteiger partial charge in [-0.1, -0.05) is 12.1 Å². The lowest BCUT2D eigenvalue weighted by Crippen LogP contribution is -2.38. The van der Waals surface area contributed by atoms with Gasteiger partial charge in [-0.3, -0.25) is 14.9 Å². The molecule has 4 rings (SSSR count).